The molecule has 0 unspecified atom stereocenters. The molecule has 0 spiro atoms. The molecule has 1 aliphatic rings. The minimum atomic E-state index is -0.338. The summed E-state index contributed by atoms with van der Waals surface area (Å²) < 4.78 is 19.0. The van der Waals surface area contributed by atoms with Gasteiger partial charge in [0.05, 0.1) is 24.3 Å². The lowest BCUT2D eigenvalue weighted by atomic mass is 10.2. The highest BCUT2D eigenvalue weighted by Gasteiger charge is 2.34. The van der Waals surface area contributed by atoms with Gasteiger partial charge in [-0.3, -0.25) is 14.3 Å². The summed E-state index contributed by atoms with van der Waals surface area (Å²) in [6.45, 7) is 5.91. The average Bonchev–Trinajstić information content (AvgIpc) is 3.34. The van der Waals surface area contributed by atoms with E-state index in [-0.39, 0.29) is 18.4 Å². The van der Waals surface area contributed by atoms with E-state index >= 15 is 0 Å². The first-order valence-corrected chi connectivity index (χ1v) is 12.8. The SMILES string of the molecule is CCOc1cc(C=C2SC(=S)N(n3c(C)ccc3C)C2=O)ccc1OCC(=O)Nc1ccccc1OC. The van der Waals surface area contributed by atoms with Crippen LogP contribution in [-0.4, -0.2) is 41.1 Å². The molecule has 1 aromatic heterocycles. The molecule has 1 saturated heterocycles. The molecule has 0 bridgehead atoms. The first kappa shape index (κ1) is 26.3. The molecular weight excluding hydrogens is 510 g/mol. The van der Waals surface area contributed by atoms with Crippen LogP contribution in [0.4, 0.5) is 5.69 Å². The molecular formula is C27H27N3O5S2. The number of anilines is 1. The smallest absolute Gasteiger partial charge is 0.285 e. The minimum absolute atomic E-state index is 0.191. The van der Waals surface area contributed by atoms with Crippen molar-refractivity contribution in [1.82, 2.24) is 4.68 Å². The number of aryl methyl sites for hydroxylation is 2. The Morgan fingerprint density at radius 2 is 1.76 bits per heavy atom. The number of rotatable bonds is 9. The number of hydrogen-bond donors (Lipinski definition) is 1. The third-order valence-electron chi connectivity index (χ3n) is 5.51. The lowest BCUT2D eigenvalue weighted by Gasteiger charge is -2.20. The van der Waals surface area contributed by atoms with Crippen molar-refractivity contribution in [1.29, 1.82) is 0 Å². The van der Waals surface area contributed by atoms with E-state index in [4.69, 9.17) is 26.4 Å². The maximum atomic E-state index is 13.2. The first-order valence-electron chi connectivity index (χ1n) is 11.6. The number of thioether (sulfide) groups is 1. The van der Waals surface area contributed by atoms with Gasteiger partial charge in [0.1, 0.15) is 5.75 Å². The summed E-state index contributed by atoms with van der Waals surface area (Å²) in [4.78, 5) is 26.2. The van der Waals surface area contributed by atoms with Gasteiger partial charge in [0.2, 0.25) is 0 Å². The molecule has 1 fully saturated rings. The van der Waals surface area contributed by atoms with Gasteiger partial charge in [0.15, 0.2) is 22.4 Å². The molecule has 1 aliphatic heterocycles. The van der Waals surface area contributed by atoms with Crippen molar-refractivity contribution in [2.75, 3.05) is 30.6 Å². The van der Waals surface area contributed by atoms with Crippen molar-refractivity contribution in [2.45, 2.75) is 20.8 Å². The van der Waals surface area contributed by atoms with Crippen molar-refractivity contribution in [3.63, 3.8) is 0 Å². The zero-order chi connectivity index (χ0) is 26.5. The Morgan fingerprint density at radius 1 is 1.03 bits per heavy atom. The van der Waals surface area contributed by atoms with Gasteiger partial charge >= 0.3 is 0 Å². The number of thiocarbonyl (C=S) groups is 1. The third-order valence-corrected chi connectivity index (χ3v) is 6.80. The van der Waals surface area contributed by atoms with Crippen LogP contribution in [0.1, 0.15) is 23.9 Å². The topological polar surface area (TPSA) is 82.0 Å². The number of nitrogens with one attached hydrogen (secondary N) is 1. The number of nitrogens with zero attached hydrogens (tertiary/aromatic N) is 2. The Labute approximate surface area is 225 Å². The van der Waals surface area contributed by atoms with E-state index in [1.807, 2.05) is 43.6 Å². The standard InChI is InChI=1S/C27H27N3O5S2/c1-5-34-23-14-19(15-24-26(32)30(27(36)37-24)29-17(2)10-11-18(29)3)12-13-22(23)35-16-25(31)28-20-8-6-7-9-21(20)33-4/h6-15H,5,16H2,1-4H3,(H,28,31). The molecule has 37 heavy (non-hydrogen) atoms. The quantitative estimate of drug-likeness (QED) is 0.302. The summed E-state index contributed by atoms with van der Waals surface area (Å²) >= 11 is 6.75. The van der Waals surface area contributed by atoms with Crippen LogP contribution in [0.15, 0.2) is 59.5 Å². The van der Waals surface area contributed by atoms with Crippen molar-refractivity contribution >= 4 is 51.9 Å². The highest BCUT2D eigenvalue weighted by Crippen LogP contribution is 2.35. The molecule has 1 N–H and O–H groups in total. The van der Waals surface area contributed by atoms with E-state index in [2.05, 4.69) is 5.32 Å². The number of ether oxygens (including phenoxy) is 3. The zero-order valence-electron chi connectivity index (χ0n) is 20.9. The van der Waals surface area contributed by atoms with Crippen LogP contribution in [0, 0.1) is 13.8 Å². The second kappa shape index (κ2) is 11.5. The average molecular weight is 538 g/mol. The van der Waals surface area contributed by atoms with Crippen LogP contribution in [0.5, 0.6) is 17.2 Å². The Kier molecular flexibility index (Phi) is 8.20. The van der Waals surface area contributed by atoms with Crippen molar-refractivity contribution < 1.29 is 23.8 Å². The molecule has 0 atom stereocenters. The Morgan fingerprint density at radius 3 is 2.46 bits per heavy atom. The molecule has 0 aliphatic carbocycles. The van der Waals surface area contributed by atoms with Crippen LogP contribution in [0.25, 0.3) is 6.08 Å². The molecule has 4 rings (SSSR count). The van der Waals surface area contributed by atoms with Gasteiger partial charge in [-0.25, -0.2) is 0 Å². The van der Waals surface area contributed by atoms with Crippen LogP contribution in [-0.2, 0) is 9.59 Å². The van der Waals surface area contributed by atoms with Gasteiger partial charge < -0.3 is 19.5 Å². The van der Waals surface area contributed by atoms with Gasteiger partial charge in [-0.2, -0.15) is 5.01 Å². The normalized spacial score (nSPS) is 14.3. The summed E-state index contributed by atoms with van der Waals surface area (Å²) in [5.74, 6) is 0.913. The Bertz CT molecular complexity index is 1360. The number of amides is 2. The second-order valence-corrected chi connectivity index (χ2v) is 9.77. The van der Waals surface area contributed by atoms with E-state index in [1.165, 1.54) is 23.9 Å². The number of carbonyl (C=O) groups is 2. The number of methoxy groups -OCH3 is 1. The molecule has 2 aromatic carbocycles. The van der Waals surface area contributed by atoms with Gasteiger partial charge in [0.25, 0.3) is 11.8 Å². The summed E-state index contributed by atoms with van der Waals surface area (Å²) in [5.41, 5.74) is 3.15. The molecule has 8 nitrogen and oxygen atoms in total. The number of carbonyl (C=O) groups excluding carboxylic acids is 2. The molecule has 192 valence electrons. The fraction of sp³-hybridized carbons (Fsp3) is 0.222. The van der Waals surface area contributed by atoms with Crippen LogP contribution in [0.3, 0.4) is 0 Å². The lowest BCUT2D eigenvalue weighted by Crippen LogP contribution is -2.39. The molecule has 3 aromatic rings. The van der Waals surface area contributed by atoms with Gasteiger partial charge in [-0.05, 0) is 81.0 Å². The molecule has 0 radical (unpaired) electrons. The summed E-state index contributed by atoms with van der Waals surface area (Å²) in [5, 5.41) is 4.29. The van der Waals surface area contributed by atoms with Crippen LogP contribution in [0.2, 0.25) is 0 Å². The maximum absolute atomic E-state index is 13.2. The van der Waals surface area contributed by atoms with Crippen LogP contribution < -0.4 is 24.5 Å². The monoisotopic (exact) mass is 537 g/mol. The van der Waals surface area contributed by atoms with E-state index in [1.54, 1.807) is 42.5 Å². The highest BCUT2D eigenvalue weighted by atomic mass is 32.2. The lowest BCUT2D eigenvalue weighted by molar-refractivity contribution is -0.118. The molecule has 0 saturated carbocycles. The first-order chi connectivity index (χ1) is 17.8. The largest absolute Gasteiger partial charge is 0.495 e. The van der Waals surface area contributed by atoms with Crippen LogP contribution >= 0.6 is 24.0 Å². The van der Waals surface area contributed by atoms with Gasteiger partial charge in [-0.15, -0.1) is 0 Å². The number of para-hydroxylation sites is 2. The maximum Gasteiger partial charge on any atom is 0.285 e. The Hall–Kier alpha value is -3.76. The van der Waals surface area contributed by atoms with Gasteiger partial charge in [0, 0.05) is 11.4 Å². The third kappa shape index (κ3) is 5.81. The summed E-state index contributed by atoms with van der Waals surface area (Å²) in [6.07, 6.45) is 1.77. The summed E-state index contributed by atoms with van der Waals surface area (Å²) in [7, 11) is 1.54. The van der Waals surface area contributed by atoms with Crippen molar-refractivity contribution in [3.05, 3.63) is 76.5 Å². The predicted octanol–water partition coefficient (Wildman–Crippen LogP) is 5.07. The van der Waals surface area contributed by atoms with E-state index < -0.39 is 0 Å². The van der Waals surface area contributed by atoms with Crippen molar-refractivity contribution in [2.24, 2.45) is 0 Å². The number of aromatic nitrogens is 1. The summed E-state index contributed by atoms with van der Waals surface area (Å²) in [6, 6.07) is 16.3. The fourth-order valence-corrected chi connectivity index (χ4v) is 5.08. The zero-order valence-corrected chi connectivity index (χ0v) is 22.6. The minimum Gasteiger partial charge on any atom is -0.495 e. The Balaban J connectivity index is 1.49. The molecule has 2 amide bonds. The molecule has 2 heterocycles. The fourth-order valence-electron chi connectivity index (χ4n) is 3.84. The number of benzene rings is 2. The van der Waals surface area contributed by atoms with E-state index in [9.17, 15) is 9.59 Å². The highest BCUT2D eigenvalue weighted by molar-refractivity contribution is 8.27. The van der Waals surface area contributed by atoms with Crippen molar-refractivity contribution in [3.8, 4) is 17.2 Å². The molecule has 10 heteroatoms. The van der Waals surface area contributed by atoms with Gasteiger partial charge in [-0.1, -0.05) is 30.0 Å². The predicted molar refractivity (Wildman–Crippen MR) is 150 cm³/mol. The number of hydrogen-bond acceptors (Lipinski definition) is 7. The van der Waals surface area contributed by atoms with E-state index in [0.717, 1.165) is 17.0 Å². The van der Waals surface area contributed by atoms with E-state index in [0.29, 0.717) is 38.8 Å². The second-order valence-electron chi connectivity index (χ2n) is 8.10.